The maximum Gasteiger partial charge on any atom is 0.224 e. The molecule has 2 N–H and O–H groups in total. The van der Waals surface area contributed by atoms with Crippen LogP contribution in [0.1, 0.15) is 46.0 Å². The van der Waals surface area contributed by atoms with Crippen LogP contribution in [0, 0.1) is 5.92 Å². The molecule has 0 aromatic heterocycles. The molecule has 1 aliphatic carbocycles. The third-order valence-electron chi connectivity index (χ3n) is 4.18. The minimum absolute atomic E-state index is 0.218. The first-order chi connectivity index (χ1) is 9.60. The van der Waals surface area contributed by atoms with Crippen molar-refractivity contribution in [3.8, 4) is 0 Å². The van der Waals surface area contributed by atoms with Gasteiger partial charge in [-0.25, -0.2) is 0 Å². The van der Waals surface area contributed by atoms with Crippen molar-refractivity contribution < 1.29 is 9.59 Å². The van der Waals surface area contributed by atoms with E-state index in [0.29, 0.717) is 6.42 Å². The number of amides is 2. The molecular weight excluding hydrogens is 254 g/mol. The largest absolute Gasteiger partial charge is 0.353 e. The molecule has 2 amide bonds. The summed E-state index contributed by atoms with van der Waals surface area (Å²) in [5.74, 6) is 0.719. The van der Waals surface area contributed by atoms with Crippen molar-refractivity contribution in [3.63, 3.8) is 0 Å². The third kappa shape index (κ3) is 4.47. The molecule has 2 rings (SSSR count). The normalized spacial score (nSPS) is 21.6. The van der Waals surface area contributed by atoms with E-state index in [1.165, 1.54) is 0 Å². The Morgan fingerprint density at radius 2 is 1.85 bits per heavy atom. The maximum atomic E-state index is 12.1. The molecule has 20 heavy (non-hydrogen) atoms. The number of piperidine rings is 1. The topological polar surface area (TPSA) is 61.4 Å². The van der Waals surface area contributed by atoms with Crippen LogP contribution in [0.15, 0.2) is 0 Å². The highest BCUT2D eigenvalue weighted by Gasteiger charge is 2.32. The molecule has 1 unspecified atom stereocenters. The summed E-state index contributed by atoms with van der Waals surface area (Å²) in [4.78, 5) is 25.8. The lowest BCUT2D eigenvalue weighted by Gasteiger charge is -2.33. The average Bonchev–Trinajstić information content (AvgIpc) is 3.24. The molecule has 114 valence electrons. The number of carbonyl (C=O) groups excluding carboxylic acids is 2. The van der Waals surface area contributed by atoms with E-state index in [-0.39, 0.29) is 29.8 Å². The van der Waals surface area contributed by atoms with E-state index in [1.807, 2.05) is 11.8 Å². The predicted molar refractivity (Wildman–Crippen MR) is 78.2 cm³/mol. The van der Waals surface area contributed by atoms with Gasteiger partial charge in [0.25, 0.3) is 0 Å². The highest BCUT2D eigenvalue weighted by molar-refractivity contribution is 5.81. The molecule has 5 nitrogen and oxygen atoms in total. The molecule has 1 saturated carbocycles. The molecule has 1 saturated heterocycles. The Bertz CT molecular complexity index is 347. The predicted octanol–water partition coefficient (Wildman–Crippen LogP) is 0.892. The highest BCUT2D eigenvalue weighted by Crippen LogP contribution is 2.29. The van der Waals surface area contributed by atoms with Crippen LogP contribution in [-0.4, -0.2) is 48.4 Å². The van der Waals surface area contributed by atoms with Gasteiger partial charge in [0.2, 0.25) is 11.8 Å². The Labute approximate surface area is 121 Å². The Balaban J connectivity index is 1.67. The fourth-order valence-corrected chi connectivity index (χ4v) is 2.75. The molecule has 5 heteroatoms. The highest BCUT2D eigenvalue weighted by atomic mass is 16.2. The van der Waals surface area contributed by atoms with E-state index in [2.05, 4.69) is 17.6 Å². The van der Waals surface area contributed by atoms with Gasteiger partial charge in [-0.2, -0.15) is 0 Å². The van der Waals surface area contributed by atoms with Gasteiger partial charge in [0, 0.05) is 37.5 Å². The summed E-state index contributed by atoms with van der Waals surface area (Å²) in [7, 11) is 0. The lowest BCUT2D eigenvalue weighted by Crippen LogP contribution is -2.47. The summed E-state index contributed by atoms with van der Waals surface area (Å²) in [6, 6.07) is 0.498. The molecule has 0 aromatic rings. The van der Waals surface area contributed by atoms with Crippen LogP contribution >= 0.6 is 0 Å². The third-order valence-corrected chi connectivity index (χ3v) is 4.18. The molecule has 2 aliphatic rings. The second kappa shape index (κ2) is 7.07. The van der Waals surface area contributed by atoms with E-state index < -0.39 is 0 Å². The summed E-state index contributed by atoms with van der Waals surface area (Å²) in [6.07, 6.45) is 4.43. The van der Waals surface area contributed by atoms with Crippen LogP contribution in [0.4, 0.5) is 0 Å². The number of nitrogens with zero attached hydrogens (tertiary/aromatic N) is 1. The minimum atomic E-state index is 0.218. The van der Waals surface area contributed by atoms with Crippen LogP contribution in [0.2, 0.25) is 0 Å². The summed E-state index contributed by atoms with van der Waals surface area (Å²) < 4.78 is 0. The van der Waals surface area contributed by atoms with E-state index in [1.54, 1.807) is 0 Å². The lowest BCUT2D eigenvalue weighted by atomic mass is 10.0. The van der Waals surface area contributed by atoms with Crippen molar-refractivity contribution in [2.24, 2.45) is 5.92 Å². The lowest BCUT2D eigenvalue weighted by molar-refractivity contribution is -0.132. The van der Waals surface area contributed by atoms with Crippen molar-refractivity contribution in [1.82, 2.24) is 15.5 Å². The van der Waals surface area contributed by atoms with Crippen LogP contribution < -0.4 is 10.6 Å². The van der Waals surface area contributed by atoms with E-state index in [4.69, 9.17) is 0 Å². The monoisotopic (exact) mass is 281 g/mol. The molecule has 1 heterocycles. The Hall–Kier alpha value is -1.10. The first-order valence-electron chi connectivity index (χ1n) is 7.91. The summed E-state index contributed by atoms with van der Waals surface area (Å²) in [6.45, 7) is 6.53. The molecule has 1 atom stereocenters. The van der Waals surface area contributed by atoms with Crippen molar-refractivity contribution in [2.75, 3.05) is 19.6 Å². The van der Waals surface area contributed by atoms with Crippen molar-refractivity contribution in [3.05, 3.63) is 0 Å². The van der Waals surface area contributed by atoms with Gasteiger partial charge in [-0.05, 0) is 39.2 Å². The number of likely N-dealkylation sites (tertiary alicyclic amines) is 1. The Kier molecular flexibility index (Phi) is 5.40. The van der Waals surface area contributed by atoms with Crippen molar-refractivity contribution >= 4 is 11.8 Å². The number of hydrogen-bond donors (Lipinski definition) is 2. The van der Waals surface area contributed by atoms with Crippen molar-refractivity contribution in [1.29, 1.82) is 0 Å². The summed E-state index contributed by atoms with van der Waals surface area (Å²) in [5, 5.41) is 6.38. The van der Waals surface area contributed by atoms with E-state index in [9.17, 15) is 9.59 Å². The zero-order chi connectivity index (χ0) is 14.5. The van der Waals surface area contributed by atoms with Crippen LogP contribution in [0.25, 0.3) is 0 Å². The number of hydrogen-bond acceptors (Lipinski definition) is 3. The van der Waals surface area contributed by atoms with Gasteiger partial charge >= 0.3 is 0 Å². The fourth-order valence-electron chi connectivity index (χ4n) is 2.75. The van der Waals surface area contributed by atoms with E-state index in [0.717, 1.165) is 45.3 Å². The standard InChI is InChI=1S/C15H27N3O2/c1-3-16-11(2)10-14(19)18-8-6-13(7-9-18)17-15(20)12-4-5-12/h11-13,16H,3-10H2,1-2H3,(H,17,20). The van der Waals surface area contributed by atoms with Gasteiger partial charge in [-0.15, -0.1) is 0 Å². The number of rotatable bonds is 6. The summed E-state index contributed by atoms with van der Waals surface area (Å²) in [5.41, 5.74) is 0. The van der Waals surface area contributed by atoms with Crippen LogP contribution in [-0.2, 0) is 9.59 Å². The Morgan fingerprint density at radius 1 is 1.20 bits per heavy atom. The van der Waals surface area contributed by atoms with Crippen LogP contribution in [0.5, 0.6) is 0 Å². The fraction of sp³-hybridized carbons (Fsp3) is 0.867. The molecule has 0 bridgehead atoms. The zero-order valence-corrected chi connectivity index (χ0v) is 12.7. The van der Waals surface area contributed by atoms with Gasteiger partial charge in [0.15, 0.2) is 0 Å². The molecule has 2 fully saturated rings. The summed E-state index contributed by atoms with van der Waals surface area (Å²) >= 11 is 0. The molecule has 0 radical (unpaired) electrons. The zero-order valence-electron chi connectivity index (χ0n) is 12.7. The van der Waals surface area contributed by atoms with Gasteiger partial charge < -0.3 is 15.5 Å². The maximum absolute atomic E-state index is 12.1. The van der Waals surface area contributed by atoms with Gasteiger partial charge in [0.1, 0.15) is 0 Å². The minimum Gasteiger partial charge on any atom is -0.353 e. The molecule has 1 aliphatic heterocycles. The van der Waals surface area contributed by atoms with E-state index >= 15 is 0 Å². The molecule has 0 spiro atoms. The first-order valence-corrected chi connectivity index (χ1v) is 7.91. The quantitative estimate of drug-likeness (QED) is 0.760. The van der Waals surface area contributed by atoms with Gasteiger partial charge in [-0.3, -0.25) is 9.59 Å². The average molecular weight is 281 g/mol. The molecular formula is C15H27N3O2. The second-order valence-corrected chi connectivity index (χ2v) is 6.10. The SMILES string of the molecule is CCNC(C)CC(=O)N1CCC(NC(=O)C2CC2)CC1. The second-order valence-electron chi connectivity index (χ2n) is 6.10. The van der Waals surface area contributed by atoms with Gasteiger partial charge in [0.05, 0.1) is 0 Å². The van der Waals surface area contributed by atoms with Gasteiger partial charge in [-0.1, -0.05) is 6.92 Å². The molecule has 0 aromatic carbocycles. The number of carbonyl (C=O) groups is 2. The Morgan fingerprint density at radius 3 is 2.40 bits per heavy atom. The smallest absolute Gasteiger partial charge is 0.224 e. The first kappa shape index (κ1) is 15.3. The van der Waals surface area contributed by atoms with Crippen molar-refractivity contribution in [2.45, 2.75) is 58.0 Å². The van der Waals surface area contributed by atoms with Crippen LogP contribution in [0.3, 0.4) is 0 Å². The number of nitrogens with one attached hydrogen (secondary N) is 2.